The number of thiazole rings is 1. The lowest BCUT2D eigenvalue weighted by molar-refractivity contribution is -0.117. The molecular weight excluding hydrogens is 482 g/mol. The third kappa shape index (κ3) is 4.60. The second kappa shape index (κ2) is 9.12. The molecule has 1 saturated carbocycles. The first-order valence-electron chi connectivity index (χ1n) is 12.4. The number of hydrogen-bond acceptors (Lipinski definition) is 5. The molecule has 1 atom stereocenters. The van der Waals surface area contributed by atoms with Crippen LogP contribution in [0.3, 0.4) is 0 Å². The summed E-state index contributed by atoms with van der Waals surface area (Å²) < 4.78 is 1.97. The fraction of sp³-hybridized carbons (Fsp3) is 0.241. The Morgan fingerprint density at radius 1 is 1.08 bits per heavy atom. The maximum atomic E-state index is 13.3. The summed E-state index contributed by atoms with van der Waals surface area (Å²) in [6.07, 6.45) is 3.78. The van der Waals surface area contributed by atoms with E-state index in [2.05, 4.69) is 21.7 Å². The third-order valence-electron chi connectivity index (χ3n) is 6.85. The van der Waals surface area contributed by atoms with E-state index in [1.54, 1.807) is 0 Å². The smallest absolute Gasteiger partial charge is 0.253 e. The molecule has 0 aliphatic heterocycles. The largest absolute Gasteiger partial charge is 0.350 e. The highest BCUT2D eigenvalue weighted by Gasteiger charge is 2.30. The van der Waals surface area contributed by atoms with Gasteiger partial charge >= 0.3 is 0 Å². The number of benzene rings is 2. The molecule has 0 radical (unpaired) electrons. The van der Waals surface area contributed by atoms with Crippen molar-refractivity contribution in [3.05, 3.63) is 77.5 Å². The number of nitrogens with one attached hydrogen (secondary N) is 2. The normalized spacial score (nSPS) is 14.1. The van der Waals surface area contributed by atoms with Crippen LogP contribution in [0.4, 0.5) is 5.13 Å². The summed E-state index contributed by atoms with van der Waals surface area (Å²) in [5, 5.41) is 7.51. The van der Waals surface area contributed by atoms with Crippen LogP contribution >= 0.6 is 11.3 Å². The van der Waals surface area contributed by atoms with Gasteiger partial charge in [-0.05, 0) is 56.5 Å². The Bertz CT molecular complexity index is 1680. The third-order valence-corrected chi connectivity index (χ3v) is 7.73. The molecule has 0 saturated heterocycles. The van der Waals surface area contributed by atoms with Crippen LogP contribution < -0.4 is 10.6 Å². The quantitative estimate of drug-likeness (QED) is 0.294. The van der Waals surface area contributed by atoms with E-state index in [9.17, 15) is 9.59 Å². The number of pyridine rings is 1. The molecule has 6 rings (SSSR count). The molecule has 0 unspecified atom stereocenters. The zero-order chi connectivity index (χ0) is 25.7. The lowest BCUT2D eigenvalue weighted by atomic mass is 10.0. The molecule has 5 aromatic rings. The molecule has 3 heterocycles. The molecule has 1 aliphatic carbocycles. The van der Waals surface area contributed by atoms with E-state index in [0.717, 1.165) is 56.5 Å². The number of hydrogen-bond donors (Lipinski definition) is 2. The van der Waals surface area contributed by atoms with Crippen molar-refractivity contribution in [1.82, 2.24) is 19.9 Å². The van der Waals surface area contributed by atoms with Crippen LogP contribution in [0, 0.1) is 12.8 Å². The van der Waals surface area contributed by atoms with Crippen LogP contribution in [0.15, 0.2) is 60.8 Å². The van der Waals surface area contributed by atoms with Crippen molar-refractivity contribution < 1.29 is 9.59 Å². The Balaban J connectivity index is 1.29. The fourth-order valence-corrected chi connectivity index (χ4v) is 5.45. The summed E-state index contributed by atoms with van der Waals surface area (Å²) in [7, 11) is 1.95. The van der Waals surface area contributed by atoms with Crippen LogP contribution in [-0.4, -0.2) is 26.3 Å². The van der Waals surface area contributed by atoms with E-state index in [1.807, 2.05) is 80.2 Å². The molecule has 8 heteroatoms. The van der Waals surface area contributed by atoms with Crippen molar-refractivity contribution in [1.29, 1.82) is 0 Å². The Morgan fingerprint density at radius 2 is 1.92 bits per heavy atom. The van der Waals surface area contributed by atoms with Gasteiger partial charge in [0.2, 0.25) is 5.91 Å². The molecular formula is C29H27N5O2S. The molecule has 186 valence electrons. The summed E-state index contributed by atoms with van der Waals surface area (Å²) in [5.74, 6) is 0.0503. The van der Waals surface area contributed by atoms with E-state index in [4.69, 9.17) is 4.98 Å². The van der Waals surface area contributed by atoms with Gasteiger partial charge in [0, 0.05) is 35.6 Å². The Morgan fingerprint density at radius 3 is 2.70 bits per heavy atom. The Hall–Kier alpha value is -4.04. The number of aromatic nitrogens is 3. The van der Waals surface area contributed by atoms with Crippen molar-refractivity contribution in [2.75, 3.05) is 5.32 Å². The van der Waals surface area contributed by atoms with Gasteiger partial charge in [0.1, 0.15) is 10.3 Å². The van der Waals surface area contributed by atoms with Gasteiger partial charge in [-0.15, -0.1) is 0 Å². The lowest BCUT2D eigenvalue weighted by Crippen LogP contribution is -2.26. The minimum atomic E-state index is -0.115. The van der Waals surface area contributed by atoms with Crippen molar-refractivity contribution in [3.8, 4) is 11.3 Å². The van der Waals surface area contributed by atoms with Crippen LogP contribution in [0.5, 0.6) is 0 Å². The first-order chi connectivity index (χ1) is 17.9. The van der Waals surface area contributed by atoms with Crippen molar-refractivity contribution in [2.45, 2.75) is 32.7 Å². The number of nitrogens with zero attached hydrogens (tertiary/aromatic N) is 3. The number of rotatable bonds is 6. The maximum Gasteiger partial charge on any atom is 0.253 e. The van der Waals surface area contributed by atoms with E-state index in [1.165, 1.54) is 11.3 Å². The highest BCUT2D eigenvalue weighted by molar-refractivity contribution is 7.22. The van der Waals surface area contributed by atoms with Crippen molar-refractivity contribution >= 4 is 49.5 Å². The molecule has 37 heavy (non-hydrogen) atoms. The van der Waals surface area contributed by atoms with Crippen molar-refractivity contribution in [2.24, 2.45) is 13.0 Å². The van der Waals surface area contributed by atoms with E-state index in [0.29, 0.717) is 10.7 Å². The van der Waals surface area contributed by atoms with Crippen LogP contribution in [-0.2, 0) is 11.8 Å². The number of fused-ring (bicyclic) bond motifs is 2. The number of carbonyl (C=O) groups excluding carboxylic acids is 2. The molecule has 2 amide bonds. The molecule has 3 aromatic heterocycles. The highest BCUT2D eigenvalue weighted by atomic mass is 32.1. The predicted molar refractivity (Wildman–Crippen MR) is 148 cm³/mol. The van der Waals surface area contributed by atoms with Gasteiger partial charge in [-0.2, -0.15) is 0 Å². The van der Waals surface area contributed by atoms with Gasteiger partial charge in [0.15, 0.2) is 5.13 Å². The second-order valence-corrected chi connectivity index (χ2v) is 10.8. The van der Waals surface area contributed by atoms with Gasteiger partial charge in [-0.1, -0.05) is 47.2 Å². The Labute approximate surface area is 218 Å². The number of amides is 2. The number of carbonyl (C=O) groups is 2. The summed E-state index contributed by atoms with van der Waals surface area (Å²) in [4.78, 5) is 35.5. The predicted octanol–water partition coefficient (Wildman–Crippen LogP) is 6.00. The van der Waals surface area contributed by atoms with Gasteiger partial charge in [0.25, 0.3) is 5.91 Å². The molecule has 1 fully saturated rings. The molecule has 2 N–H and O–H groups in total. The first-order valence-corrected chi connectivity index (χ1v) is 13.2. The van der Waals surface area contributed by atoms with Crippen LogP contribution in [0.2, 0.25) is 0 Å². The molecule has 2 aromatic carbocycles. The highest BCUT2D eigenvalue weighted by Crippen LogP contribution is 2.33. The van der Waals surface area contributed by atoms with Crippen molar-refractivity contribution in [3.63, 3.8) is 0 Å². The van der Waals surface area contributed by atoms with Gasteiger partial charge in [-0.3, -0.25) is 9.59 Å². The first kappa shape index (κ1) is 23.4. The van der Waals surface area contributed by atoms with E-state index in [-0.39, 0.29) is 23.8 Å². The van der Waals surface area contributed by atoms with Crippen LogP contribution in [0.25, 0.3) is 32.5 Å². The maximum absolute atomic E-state index is 13.3. The van der Waals surface area contributed by atoms with Crippen LogP contribution in [0.1, 0.15) is 47.3 Å². The minimum Gasteiger partial charge on any atom is -0.350 e. The van der Waals surface area contributed by atoms with E-state index < -0.39 is 0 Å². The zero-order valence-electron chi connectivity index (χ0n) is 20.9. The molecule has 1 aliphatic rings. The second-order valence-electron chi connectivity index (χ2n) is 9.80. The average molecular weight is 510 g/mol. The number of anilines is 1. The number of aryl methyl sites for hydroxylation is 2. The summed E-state index contributed by atoms with van der Waals surface area (Å²) >= 11 is 1.38. The van der Waals surface area contributed by atoms with Gasteiger partial charge < -0.3 is 15.2 Å². The summed E-state index contributed by atoms with van der Waals surface area (Å²) in [6, 6.07) is 18.0. The molecule has 0 bridgehead atoms. The van der Waals surface area contributed by atoms with Gasteiger partial charge in [-0.25, -0.2) is 9.97 Å². The standard InChI is InChI=1S/C29H27N5O2S/c1-16-5-4-6-19(13-16)17(2)30-27(36)22-15-34(3)25-12-9-20(14-21(22)25)23-10-11-24-28(31-23)37-29(32-24)33-26(35)18-7-8-18/h4-6,9-15,17-18H,7-8H2,1-3H3,(H,30,36)(H,32,33,35)/t17-/m0/s1. The molecule has 7 nitrogen and oxygen atoms in total. The monoisotopic (exact) mass is 509 g/mol. The van der Waals surface area contributed by atoms with Gasteiger partial charge in [0.05, 0.1) is 17.3 Å². The SMILES string of the molecule is Cc1cccc([C@H](C)NC(=O)c2cn(C)c3ccc(-c4ccc5nc(NC(=O)C6CC6)sc5n4)cc23)c1. The lowest BCUT2D eigenvalue weighted by Gasteiger charge is -2.14. The Kier molecular flexibility index (Phi) is 5.76. The summed E-state index contributed by atoms with van der Waals surface area (Å²) in [6.45, 7) is 4.05. The summed E-state index contributed by atoms with van der Waals surface area (Å²) in [5.41, 5.74) is 6.30. The average Bonchev–Trinajstić information content (AvgIpc) is 3.59. The molecule has 0 spiro atoms. The minimum absolute atomic E-state index is 0.0383. The fourth-order valence-electron chi connectivity index (χ4n) is 4.61. The zero-order valence-corrected chi connectivity index (χ0v) is 21.7. The van der Waals surface area contributed by atoms with E-state index >= 15 is 0 Å². The topological polar surface area (TPSA) is 88.9 Å².